The fraction of sp³-hybridized carbons (Fsp3) is 0.500. The molecule has 1 aromatic heterocycles. The molecule has 14 heavy (non-hydrogen) atoms. The van der Waals surface area contributed by atoms with Crippen LogP contribution in [0, 0.1) is 5.82 Å². The number of hydrogen-bond acceptors (Lipinski definition) is 3. The molecular weight excluding hydrogens is 181 g/mol. The van der Waals surface area contributed by atoms with Crippen molar-refractivity contribution in [2.24, 2.45) is 5.73 Å². The molecule has 3 nitrogen and oxygen atoms in total. The van der Waals surface area contributed by atoms with Gasteiger partial charge in [-0.3, -0.25) is 0 Å². The fourth-order valence-electron chi connectivity index (χ4n) is 1.22. The van der Waals surface area contributed by atoms with Gasteiger partial charge in [-0.15, -0.1) is 0 Å². The molecule has 0 bridgehead atoms. The summed E-state index contributed by atoms with van der Waals surface area (Å²) >= 11 is 0. The standard InChI is InChI=1S/C10H16FN3/c1-2-4-8(12)7-14-10-9(11)5-3-6-13-10/h3,5-6,8H,2,4,7,12H2,1H3,(H,13,14). The Bertz CT molecular complexity index is 278. The zero-order chi connectivity index (χ0) is 10.4. The molecule has 0 fully saturated rings. The second-order valence-corrected chi connectivity index (χ2v) is 3.26. The largest absolute Gasteiger partial charge is 0.366 e. The number of pyridine rings is 1. The van der Waals surface area contributed by atoms with Crippen LogP contribution in [0.1, 0.15) is 19.8 Å². The quantitative estimate of drug-likeness (QED) is 0.756. The molecule has 0 saturated heterocycles. The average Bonchev–Trinajstić information content (AvgIpc) is 2.17. The predicted octanol–water partition coefficient (Wildman–Crippen LogP) is 1.76. The highest BCUT2D eigenvalue weighted by Gasteiger charge is 2.04. The first kappa shape index (κ1) is 10.9. The van der Waals surface area contributed by atoms with Crippen LogP contribution in [0.4, 0.5) is 10.2 Å². The summed E-state index contributed by atoms with van der Waals surface area (Å²) in [5.74, 6) is -0.0600. The molecule has 0 aliphatic rings. The summed E-state index contributed by atoms with van der Waals surface area (Å²) in [5.41, 5.74) is 5.77. The fourth-order valence-corrected chi connectivity index (χ4v) is 1.22. The zero-order valence-corrected chi connectivity index (χ0v) is 8.33. The number of nitrogens with two attached hydrogens (primary N) is 1. The highest BCUT2D eigenvalue weighted by Crippen LogP contribution is 2.08. The van der Waals surface area contributed by atoms with Gasteiger partial charge in [0.25, 0.3) is 0 Å². The van der Waals surface area contributed by atoms with Crippen molar-refractivity contribution in [1.29, 1.82) is 0 Å². The predicted molar refractivity (Wildman–Crippen MR) is 55.6 cm³/mol. The van der Waals surface area contributed by atoms with Crippen molar-refractivity contribution in [3.63, 3.8) is 0 Å². The third kappa shape index (κ3) is 3.30. The number of nitrogens with zero attached hydrogens (tertiary/aromatic N) is 1. The van der Waals surface area contributed by atoms with Crippen LogP contribution in [-0.2, 0) is 0 Å². The van der Waals surface area contributed by atoms with Gasteiger partial charge in [0.1, 0.15) is 0 Å². The molecule has 0 aromatic carbocycles. The van der Waals surface area contributed by atoms with E-state index in [4.69, 9.17) is 5.73 Å². The zero-order valence-electron chi connectivity index (χ0n) is 8.33. The van der Waals surface area contributed by atoms with E-state index in [-0.39, 0.29) is 17.7 Å². The van der Waals surface area contributed by atoms with E-state index in [0.717, 1.165) is 12.8 Å². The van der Waals surface area contributed by atoms with E-state index in [1.165, 1.54) is 6.07 Å². The first-order valence-corrected chi connectivity index (χ1v) is 4.84. The van der Waals surface area contributed by atoms with E-state index in [0.29, 0.717) is 6.54 Å². The summed E-state index contributed by atoms with van der Waals surface area (Å²) in [6.07, 6.45) is 3.52. The Kier molecular flexibility index (Phi) is 4.32. The minimum Gasteiger partial charge on any atom is -0.366 e. The summed E-state index contributed by atoms with van der Waals surface area (Å²) in [6.45, 7) is 2.63. The normalized spacial score (nSPS) is 12.5. The highest BCUT2D eigenvalue weighted by atomic mass is 19.1. The Balaban J connectivity index is 2.41. The number of nitrogens with one attached hydrogen (secondary N) is 1. The number of hydrogen-bond donors (Lipinski definition) is 2. The lowest BCUT2D eigenvalue weighted by molar-refractivity contribution is 0.607. The monoisotopic (exact) mass is 197 g/mol. The minimum absolute atomic E-state index is 0.0569. The number of anilines is 1. The van der Waals surface area contributed by atoms with Gasteiger partial charge in [-0.2, -0.15) is 0 Å². The third-order valence-electron chi connectivity index (χ3n) is 1.95. The van der Waals surface area contributed by atoms with Crippen LogP contribution in [0.2, 0.25) is 0 Å². The summed E-state index contributed by atoms with van der Waals surface area (Å²) in [5, 5.41) is 2.89. The Morgan fingerprint density at radius 2 is 2.43 bits per heavy atom. The van der Waals surface area contributed by atoms with Crippen LogP contribution < -0.4 is 11.1 Å². The van der Waals surface area contributed by atoms with E-state index >= 15 is 0 Å². The second-order valence-electron chi connectivity index (χ2n) is 3.26. The van der Waals surface area contributed by atoms with Crippen LogP contribution in [0.5, 0.6) is 0 Å². The number of halogens is 1. The van der Waals surface area contributed by atoms with Crippen molar-refractivity contribution in [3.8, 4) is 0 Å². The van der Waals surface area contributed by atoms with Gasteiger partial charge in [0.2, 0.25) is 0 Å². The molecule has 0 saturated carbocycles. The number of rotatable bonds is 5. The van der Waals surface area contributed by atoms with Gasteiger partial charge in [-0.25, -0.2) is 9.37 Å². The van der Waals surface area contributed by atoms with Crippen molar-refractivity contribution in [2.45, 2.75) is 25.8 Å². The maximum atomic E-state index is 13.1. The van der Waals surface area contributed by atoms with Gasteiger partial charge < -0.3 is 11.1 Å². The van der Waals surface area contributed by atoms with Crippen molar-refractivity contribution in [1.82, 2.24) is 4.98 Å². The molecule has 0 aliphatic carbocycles. The molecule has 1 unspecified atom stereocenters. The highest BCUT2D eigenvalue weighted by molar-refractivity contribution is 5.35. The van der Waals surface area contributed by atoms with Gasteiger partial charge in [0.15, 0.2) is 11.6 Å². The number of aromatic nitrogens is 1. The lowest BCUT2D eigenvalue weighted by atomic mass is 10.2. The van der Waals surface area contributed by atoms with Gasteiger partial charge in [0.05, 0.1) is 0 Å². The molecule has 0 radical (unpaired) electrons. The topological polar surface area (TPSA) is 50.9 Å². The van der Waals surface area contributed by atoms with E-state index in [2.05, 4.69) is 17.2 Å². The first-order chi connectivity index (χ1) is 6.74. The van der Waals surface area contributed by atoms with E-state index < -0.39 is 0 Å². The molecule has 78 valence electrons. The SMILES string of the molecule is CCCC(N)CNc1ncccc1F. The lowest BCUT2D eigenvalue weighted by Gasteiger charge is -2.11. The Hall–Kier alpha value is -1.16. The third-order valence-corrected chi connectivity index (χ3v) is 1.95. The molecule has 4 heteroatoms. The summed E-state index contributed by atoms with van der Waals surface area (Å²) < 4.78 is 13.1. The molecule has 1 atom stereocenters. The molecule has 1 rings (SSSR count). The van der Waals surface area contributed by atoms with Crippen molar-refractivity contribution < 1.29 is 4.39 Å². The maximum absolute atomic E-state index is 13.1. The Labute approximate surface area is 83.5 Å². The molecular formula is C10H16FN3. The molecule has 0 amide bonds. The van der Waals surface area contributed by atoms with E-state index in [9.17, 15) is 4.39 Å². The summed E-state index contributed by atoms with van der Waals surface area (Å²) in [7, 11) is 0. The van der Waals surface area contributed by atoms with Crippen LogP contribution in [-0.4, -0.2) is 17.6 Å². The Morgan fingerprint density at radius 1 is 1.64 bits per heavy atom. The van der Waals surface area contributed by atoms with Gasteiger partial charge in [0, 0.05) is 18.8 Å². The molecule has 0 aliphatic heterocycles. The molecule has 0 spiro atoms. The van der Waals surface area contributed by atoms with Crippen LogP contribution >= 0.6 is 0 Å². The summed E-state index contributed by atoms with van der Waals surface area (Å²) in [6, 6.07) is 2.99. The average molecular weight is 197 g/mol. The van der Waals surface area contributed by atoms with Crippen LogP contribution in [0.3, 0.4) is 0 Å². The van der Waals surface area contributed by atoms with Crippen LogP contribution in [0.25, 0.3) is 0 Å². The van der Waals surface area contributed by atoms with Crippen molar-refractivity contribution in [3.05, 3.63) is 24.1 Å². The van der Waals surface area contributed by atoms with Crippen molar-refractivity contribution in [2.75, 3.05) is 11.9 Å². The van der Waals surface area contributed by atoms with E-state index in [1.807, 2.05) is 0 Å². The smallest absolute Gasteiger partial charge is 0.165 e. The van der Waals surface area contributed by atoms with Crippen molar-refractivity contribution >= 4 is 5.82 Å². The van der Waals surface area contributed by atoms with Gasteiger partial charge >= 0.3 is 0 Å². The Morgan fingerprint density at radius 3 is 3.07 bits per heavy atom. The maximum Gasteiger partial charge on any atom is 0.165 e. The lowest BCUT2D eigenvalue weighted by Crippen LogP contribution is -2.29. The van der Waals surface area contributed by atoms with E-state index in [1.54, 1.807) is 12.3 Å². The molecule has 1 heterocycles. The molecule has 3 N–H and O–H groups in total. The molecule has 1 aromatic rings. The summed E-state index contributed by atoms with van der Waals surface area (Å²) in [4.78, 5) is 3.87. The van der Waals surface area contributed by atoms with Crippen LogP contribution in [0.15, 0.2) is 18.3 Å². The second kappa shape index (κ2) is 5.54. The first-order valence-electron chi connectivity index (χ1n) is 4.84. The minimum atomic E-state index is -0.337. The van der Waals surface area contributed by atoms with Gasteiger partial charge in [-0.1, -0.05) is 13.3 Å². The van der Waals surface area contributed by atoms with Gasteiger partial charge in [-0.05, 0) is 18.6 Å².